The van der Waals surface area contributed by atoms with Gasteiger partial charge in [-0.05, 0) is 49.2 Å². The molecule has 23 heavy (non-hydrogen) atoms. The smallest absolute Gasteiger partial charge is 0.317 e. The molecule has 0 unspecified atom stereocenters. The number of carbonyl (C=O) groups is 1. The molecule has 122 valence electrons. The number of halogens is 1. The van der Waals surface area contributed by atoms with E-state index in [1.807, 2.05) is 11.0 Å². The minimum Gasteiger partial charge on any atom is -0.467 e. The molecular formula is C17H20FN3O2. The van der Waals surface area contributed by atoms with Crippen LogP contribution < -0.4 is 10.6 Å². The zero-order valence-corrected chi connectivity index (χ0v) is 12.8. The van der Waals surface area contributed by atoms with Crippen LogP contribution in [0.1, 0.15) is 18.6 Å². The van der Waals surface area contributed by atoms with Crippen LogP contribution >= 0.6 is 0 Å². The van der Waals surface area contributed by atoms with Gasteiger partial charge in [-0.15, -0.1) is 0 Å². The first-order valence-corrected chi connectivity index (χ1v) is 7.78. The number of nitrogens with zero attached hydrogens (tertiary/aromatic N) is 1. The maximum absolute atomic E-state index is 12.9. The van der Waals surface area contributed by atoms with Gasteiger partial charge in [-0.1, -0.05) is 0 Å². The third-order valence-corrected chi connectivity index (χ3v) is 3.99. The summed E-state index contributed by atoms with van der Waals surface area (Å²) in [5.41, 5.74) is 0.909. The van der Waals surface area contributed by atoms with E-state index in [0.29, 0.717) is 25.7 Å². The molecule has 1 aliphatic heterocycles. The van der Waals surface area contributed by atoms with Gasteiger partial charge in [0.25, 0.3) is 0 Å². The van der Waals surface area contributed by atoms with E-state index in [0.717, 1.165) is 24.3 Å². The first kappa shape index (κ1) is 15.4. The molecule has 0 radical (unpaired) electrons. The largest absolute Gasteiger partial charge is 0.467 e. The van der Waals surface area contributed by atoms with Crippen LogP contribution in [0.4, 0.5) is 14.9 Å². The van der Waals surface area contributed by atoms with Crippen molar-refractivity contribution >= 4 is 11.7 Å². The molecular weight excluding hydrogens is 297 g/mol. The Morgan fingerprint density at radius 3 is 2.61 bits per heavy atom. The zero-order valence-electron chi connectivity index (χ0n) is 12.8. The molecule has 1 saturated heterocycles. The third-order valence-electron chi connectivity index (χ3n) is 3.99. The molecule has 2 N–H and O–H groups in total. The number of anilines is 1. The van der Waals surface area contributed by atoms with Crippen LogP contribution in [0.5, 0.6) is 0 Å². The van der Waals surface area contributed by atoms with Crippen molar-refractivity contribution in [2.75, 3.05) is 18.4 Å². The minimum atomic E-state index is -0.237. The molecule has 0 bridgehead atoms. The number of amides is 2. The van der Waals surface area contributed by atoms with Crippen LogP contribution in [0.3, 0.4) is 0 Å². The molecule has 2 heterocycles. The lowest BCUT2D eigenvalue weighted by atomic mass is 10.0. The fraction of sp³-hybridized carbons (Fsp3) is 0.353. The first-order chi connectivity index (χ1) is 11.2. The molecule has 0 aliphatic carbocycles. The predicted octanol–water partition coefficient (Wildman–Crippen LogP) is 3.20. The SMILES string of the molecule is O=C(NCc1ccco1)N1CCC(Nc2ccc(F)cc2)CC1. The van der Waals surface area contributed by atoms with E-state index in [2.05, 4.69) is 10.6 Å². The lowest BCUT2D eigenvalue weighted by molar-refractivity contribution is 0.182. The van der Waals surface area contributed by atoms with Crippen LogP contribution in [-0.2, 0) is 6.54 Å². The Balaban J connectivity index is 1.42. The number of benzene rings is 1. The molecule has 0 spiro atoms. The van der Waals surface area contributed by atoms with Gasteiger partial charge in [0.15, 0.2) is 0 Å². The Labute approximate surface area is 134 Å². The summed E-state index contributed by atoms with van der Waals surface area (Å²) in [7, 11) is 0. The molecule has 3 rings (SSSR count). The highest BCUT2D eigenvalue weighted by molar-refractivity contribution is 5.74. The highest BCUT2D eigenvalue weighted by Crippen LogP contribution is 2.17. The minimum absolute atomic E-state index is 0.0679. The van der Waals surface area contributed by atoms with Crippen LogP contribution in [-0.4, -0.2) is 30.1 Å². The first-order valence-electron chi connectivity index (χ1n) is 7.78. The normalized spacial score (nSPS) is 15.4. The second kappa shape index (κ2) is 7.17. The van der Waals surface area contributed by atoms with E-state index in [-0.39, 0.29) is 11.8 Å². The number of carbonyl (C=O) groups excluding carboxylic acids is 1. The number of hydrogen-bond acceptors (Lipinski definition) is 3. The Morgan fingerprint density at radius 2 is 1.96 bits per heavy atom. The number of hydrogen-bond donors (Lipinski definition) is 2. The highest BCUT2D eigenvalue weighted by Gasteiger charge is 2.22. The van der Waals surface area contributed by atoms with E-state index in [1.165, 1.54) is 12.1 Å². The number of furan rings is 1. The third kappa shape index (κ3) is 4.25. The lowest BCUT2D eigenvalue weighted by Crippen LogP contribution is -2.46. The van der Waals surface area contributed by atoms with Gasteiger partial charge in [0.1, 0.15) is 11.6 Å². The van der Waals surface area contributed by atoms with Gasteiger partial charge in [0, 0.05) is 24.8 Å². The van der Waals surface area contributed by atoms with Crippen molar-refractivity contribution in [3.8, 4) is 0 Å². The molecule has 1 aliphatic rings. The van der Waals surface area contributed by atoms with Crippen LogP contribution in [0.15, 0.2) is 47.1 Å². The fourth-order valence-corrected chi connectivity index (χ4v) is 2.70. The average molecular weight is 317 g/mol. The summed E-state index contributed by atoms with van der Waals surface area (Å²) in [5, 5.41) is 6.24. The van der Waals surface area contributed by atoms with E-state index in [1.54, 1.807) is 24.5 Å². The summed E-state index contributed by atoms with van der Waals surface area (Å²) < 4.78 is 18.1. The topological polar surface area (TPSA) is 57.5 Å². The summed E-state index contributed by atoms with van der Waals surface area (Å²) in [4.78, 5) is 13.9. The Bertz CT molecular complexity index is 620. The quantitative estimate of drug-likeness (QED) is 0.910. The summed E-state index contributed by atoms with van der Waals surface area (Å²) in [6.07, 6.45) is 3.32. The number of piperidine rings is 1. The van der Waals surface area contributed by atoms with Gasteiger partial charge in [0.05, 0.1) is 12.8 Å². The summed E-state index contributed by atoms with van der Waals surface area (Å²) in [6.45, 7) is 1.80. The fourth-order valence-electron chi connectivity index (χ4n) is 2.70. The van der Waals surface area contributed by atoms with Gasteiger partial charge in [-0.25, -0.2) is 9.18 Å². The van der Waals surface area contributed by atoms with Gasteiger partial charge >= 0.3 is 6.03 Å². The van der Waals surface area contributed by atoms with E-state index in [9.17, 15) is 9.18 Å². The van der Waals surface area contributed by atoms with Crippen LogP contribution in [0.2, 0.25) is 0 Å². The van der Waals surface area contributed by atoms with Crippen molar-refractivity contribution in [1.82, 2.24) is 10.2 Å². The van der Waals surface area contributed by atoms with Crippen molar-refractivity contribution < 1.29 is 13.6 Å². The van der Waals surface area contributed by atoms with E-state index >= 15 is 0 Å². The molecule has 2 amide bonds. The maximum Gasteiger partial charge on any atom is 0.317 e. The summed E-state index contributed by atoms with van der Waals surface area (Å²) >= 11 is 0. The zero-order chi connectivity index (χ0) is 16.1. The number of nitrogens with one attached hydrogen (secondary N) is 2. The number of likely N-dealkylation sites (tertiary alicyclic amines) is 1. The second-order valence-electron chi connectivity index (χ2n) is 5.65. The molecule has 1 fully saturated rings. The van der Waals surface area contributed by atoms with Crippen molar-refractivity contribution in [2.24, 2.45) is 0 Å². The van der Waals surface area contributed by atoms with Gasteiger partial charge in [-0.3, -0.25) is 0 Å². The van der Waals surface area contributed by atoms with Crippen molar-refractivity contribution in [3.05, 3.63) is 54.2 Å². The Kier molecular flexibility index (Phi) is 4.80. The molecule has 2 aromatic rings. The molecule has 0 saturated carbocycles. The maximum atomic E-state index is 12.9. The molecule has 1 aromatic heterocycles. The lowest BCUT2D eigenvalue weighted by Gasteiger charge is -2.32. The van der Waals surface area contributed by atoms with E-state index in [4.69, 9.17) is 4.42 Å². The average Bonchev–Trinajstić information content (AvgIpc) is 3.09. The van der Waals surface area contributed by atoms with E-state index < -0.39 is 0 Å². The monoisotopic (exact) mass is 317 g/mol. The van der Waals surface area contributed by atoms with Gasteiger partial charge in [0.2, 0.25) is 0 Å². The second-order valence-corrected chi connectivity index (χ2v) is 5.65. The van der Waals surface area contributed by atoms with Crippen molar-refractivity contribution in [3.63, 3.8) is 0 Å². The van der Waals surface area contributed by atoms with Crippen molar-refractivity contribution in [1.29, 1.82) is 0 Å². The summed E-state index contributed by atoms with van der Waals surface area (Å²) in [5.74, 6) is 0.504. The van der Waals surface area contributed by atoms with Crippen molar-refractivity contribution in [2.45, 2.75) is 25.4 Å². The van der Waals surface area contributed by atoms with Crippen LogP contribution in [0, 0.1) is 5.82 Å². The molecule has 1 aromatic carbocycles. The number of urea groups is 1. The highest BCUT2D eigenvalue weighted by atomic mass is 19.1. The Morgan fingerprint density at radius 1 is 1.22 bits per heavy atom. The summed E-state index contributed by atoms with van der Waals surface area (Å²) in [6, 6.07) is 10.2. The van der Waals surface area contributed by atoms with Crippen LogP contribution in [0.25, 0.3) is 0 Å². The number of rotatable bonds is 4. The predicted molar refractivity (Wildman–Crippen MR) is 85.6 cm³/mol. The van der Waals surface area contributed by atoms with Gasteiger partial charge < -0.3 is 20.0 Å². The van der Waals surface area contributed by atoms with Gasteiger partial charge in [-0.2, -0.15) is 0 Å². The Hall–Kier alpha value is -2.50. The molecule has 6 heteroatoms. The molecule has 0 atom stereocenters. The standard InChI is InChI=1S/C17H20FN3O2/c18-13-3-5-14(6-4-13)20-15-7-9-21(10-8-15)17(22)19-12-16-2-1-11-23-16/h1-6,11,15,20H,7-10,12H2,(H,19,22). The molecule has 5 nitrogen and oxygen atoms in total.